The van der Waals surface area contributed by atoms with E-state index in [1.165, 1.54) is 0 Å². The molecule has 0 bridgehead atoms. The molecule has 0 fully saturated rings. The number of nitrogens with one attached hydrogen (secondary N) is 1. The molecular formula is C17H22N2O3. The number of hydrogen-bond donors (Lipinski definition) is 2. The van der Waals surface area contributed by atoms with E-state index in [0.717, 1.165) is 41.4 Å². The van der Waals surface area contributed by atoms with Gasteiger partial charge in [-0.2, -0.15) is 0 Å². The van der Waals surface area contributed by atoms with Gasteiger partial charge in [-0.05, 0) is 51.7 Å². The monoisotopic (exact) mass is 302 g/mol. The summed E-state index contributed by atoms with van der Waals surface area (Å²) in [6, 6.07) is 1.79. The Bertz CT molecular complexity index is 703. The molecule has 118 valence electrons. The van der Waals surface area contributed by atoms with Gasteiger partial charge in [-0.25, -0.2) is 9.78 Å². The summed E-state index contributed by atoms with van der Waals surface area (Å²) in [4.78, 5) is 19.6. The third-order valence-corrected chi connectivity index (χ3v) is 4.25. The highest BCUT2D eigenvalue weighted by molar-refractivity contribution is 5.94. The first-order valence-corrected chi connectivity index (χ1v) is 7.87. The summed E-state index contributed by atoms with van der Waals surface area (Å²) in [7, 11) is 0. The summed E-state index contributed by atoms with van der Waals surface area (Å²) >= 11 is 0. The van der Waals surface area contributed by atoms with Crippen molar-refractivity contribution in [1.29, 1.82) is 0 Å². The highest BCUT2D eigenvalue weighted by Gasteiger charge is 2.28. The maximum atomic E-state index is 12.1. The normalized spacial score (nSPS) is 19.2. The minimum Gasteiger partial charge on any atom is -0.458 e. The van der Waals surface area contributed by atoms with Gasteiger partial charge in [0.1, 0.15) is 5.69 Å². The number of aliphatic hydroxyl groups is 1. The molecule has 2 N–H and O–H groups in total. The molecule has 2 unspecified atom stereocenters. The average molecular weight is 302 g/mol. The molecule has 0 radical (unpaired) electrons. The highest BCUT2D eigenvalue weighted by atomic mass is 16.5. The van der Waals surface area contributed by atoms with Crippen LogP contribution >= 0.6 is 0 Å². The molecule has 2 heterocycles. The van der Waals surface area contributed by atoms with Crippen molar-refractivity contribution in [1.82, 2.24) is 9.97 Å². The Morgan fingerprint density at radius 3 is 2.91 bits per heavy atom. The summed E-state index contributed by atoms with van der Waals surface area (Å²) in [5, 5.41) is 11.1. The van der Waals surface area contributed by atoms with E-state index in [4.69, 9.17) is 4.74 Å². The third-order valence-electron chi connectivity index (χ3n) is 4.25. The van der Waals surface area contributed by atoms with E-state index in [2.05, 4.69) is 9.97 Å². The van der Waals surface area contributed by atoms with Crippen LogP contribution in [0.5, 0.6) is 0 Å². The number of aromatic nitrogens is 2. The first kappa shape index (κ1) is 15.0. The summed E-state index contributed by atoms with van der Waals surface area (Å²) in [6.45, 7) is 5.46. The fourth-order valence-corrected chi connectivity index (χ4v) is 3.30. The van der Waals surface area contributed by atoms with Crippen LogP contribution in [-0.2, 0) is 11.2 Å². The number of hydrogen-bond acceptors (Lipinski definition) is 4. The van der Waals surface area contributed by atoms with E-state index in [-0.39, 0.29) is 12.0 Å². The average Bonchev–Trinajstić information content (AvgIpc) is 2.83. The van der Waals surface area contributed by atoms with Crippen LogP contribution in [0.3, 0.4) is 0 Å². The lowest BCUT2D eigenvalue weighted by Crippen LogP contribution is -2.19. The van der Waals surface area contributed by atoms with E-state index in [9.17, 15) is 9.90 Å². The molecular weight excluding hydrogens is 280 g/mol. The second-order valence-corrected chi connectivity index (χ2v) is 6.33. The van der Waals surface area contributed by atoms with Crippen LogP contribution in [0.4, 0.5) is 0 Å². The molecule has 1 aliphatic rings. The maximum absolute atomic E-state index is 12.1. The Hall–Kier alpha value is -1.88. The quantitative estimate of drug-likeness (QED) is 0.855. The minimum atomic E-state index is -0.406. The maximum Gasteiger partial charge on any atom is 0.357 e. The van der Waals surface area contributed by atoms with Gasteiger partial charge in [-0.15, -0.1) is 0 Å². The number of aliphatic hydroxyl groups excluding tert-OH is 1. The Morgan fingerprint density at radius 2 is 2.23 bits per heavy atom. The Morgan fingerprint density at radius 1 is 1.45 bits per heavy atom. The number of fused-ring (bicyclic) bond motifs is 3. The van der Waals surface area contributed by atoms with Crippen molar-refractivity contribution in [2.75, 3.05) is 0 Å². The van der Waals surface area contributed by atoms with Crippen LogP contribution in [0.25, 0.3) is 10.9 Å². The van der Waals surface area contributed by atoms with Gasteiger partial charge in [0, 0.05) is 17.0 Å². The zero-order chi connectivity index (χ0) is 15.9. The fourth-order valence-electron chi connectivity index (χ4n) is 3.30. The number of pyridine rings is 1. The lowest BCUT2D eigenvalue weighted by molar-refractivity contribution is 0.0371. The standard InChI is InChI=1S/C17H22N2O3/c1-9(2)22-17(21)14-7-12-15(8-18-14)19-13-6-4-5-11(10(3)20)16(12)13/h7-11,19-20H,4-6H2,1-3H3. The largest absolute Gasteiger partial charge is 0.458 e. The number of aryl methyl sites for hydroxylation is 1. The van der Waals surface area contributed by atoms with E-state index in [0.29, 0.717) is 5.69 Å². The number of esters is 1. The Balaban J connectivity index is 2.08. The van der Waals surface area contributed by atoms with Crippen LogP contribution in [-0.4, -0.2) is 33.3 Å². The topological polar surface area (TPSA) is 75.2 Å². The molecule has 0 aromatic carbocycles. The summed E-state index contributed by atoms with van der Waals surface area (Å²) in [5.41, 5.74) is 3.53. The molecule has 0 spiro atoms. The predicted molar refractivity (Wildman–Crippen MR) is 84.0 cm³/mol. The zero-order valence-corrected chi connectivity index (χ0v) is 13.2. The smallest absolute Gasteiger partial charge is 0.357 e. The van der Waals surface area contributed by atoms with E-state index < -0.39 is 12.1 Å². The number of carbonyl (C=O) groups excluding carboxylic acids is 1. The number of ether oxygens (including phenoxy) is 1. The molecule has 0 amide bonds. The molecule has 5 nitrogen and oxygen atoms in total. The van der Waals surface area contributed by atoms with Crippen LogP contribution in [0, 0.1) is 0 Å². The number of aromatic amines is 1. The van der Waals surface area contributed by atoms with Gasteiger partial charge in [0.15, 0.2) is 0 Å². The van der Waals surface area contributed by atoms with Gasteiger partial charge in [0.25, 0.3) is 0 Å². The molecule has 3 rings (SSSR count). The molecule has 0 saturated carbocycles. The van der Waals surface area contributed by atoms with Crippen molar-refractivity contribution in [3.63, 3.8) is 0 Å². The lowest BCUT2D eigenvalue weighted by Gasteiger charge is -2.25. The number of carbonyl (C=O) groups is 1. The summed E-state index contributed by atoms with van der Waals surface area (Å²) in [5.74, 6) is -0.301. The van der Waals surface area contributed by atoms with Gasteiger partial charge in [-0.1, -0.05) is 0 Å². The van der Waals surface area contributed by atoms with Crippen molar-refractivity contribution in [3.05, 3.63) is 29.2 Å². The van der Waals surface area contributed by atoms with Crippen molar-refractivity contribution in [3.8, 4) is 0 Å². The first-order valence-electron chi connectivity index (χ1n) is 7.87. The number of H-pyrrole nitrogens is 1. The van der Waals surface area contributed by atoms with E-state index in [1.807, 2.05) is 20.8 Å². The summed E-state index contributed by atoms with van der Waals surface area (Å²) in [6.07, 6.45) is 4.10. The second-order valence-electron chi connectivity index (χ2n) is 6.33. The molecule has 22 heavy (non-hydrogen) atoms. The lowest BCUT2D eigenvalue weighted by atomic mass is 9.82. The van der Waals surface area contributed by atoms with E-state index in [1.54, 1.807) is 12.3 Å². The van der Waals surface area contributed by atoms with Crippen LogP contribution in [0.1, 0.15) is 61.3 Å². The predicted octanol–water partition coefficient (Wildman–Crippen LogP) is 2.93. The Kier molecular flexibility index (Phi) is 3.91. The van der Waals surface area contributed by atoms with Crippen LogP contribution in [0.15, 0.2) is 12.3 Å². The van der Waals surface area contributed by atoms with Gasteiger partial charge >= 0.3 is 5.97 Å². The highest BCUT2D eigenvalue weighted by Crippen LogP contribution is 2.38. The third kappa shape index (κ3) is 2.61. The molecule has 1 aliphatic carbocycles. The summed E-state index contributed by atoms with van der Waals surface area (Å²) < 4.78 is 5.22. The van der Waals surface area contributed by atoms with Crippen molar-refractivity contribution < 1.29 is 14.6 Å². The van der Waals surface area contributed by atoms with Crippen LogP contribution in [0.2, 0.25) is 0 Å². The Labute approximate surface area is 129 Å². The van der Waals surface area contributed by atoms with Gasteiger partial charge in [-0.3, -0.25) is 0 Å². The molecule has 0 saturated heterocycles. The molecule has 2 atom stereocenters. The van der Waals surface area contributed by atoms with Gasteiger partial charge < -0.3 is 14.8 Å². The second kappa shape index (κ2) is 5.72. The van der Waals surface area contributed by atoms with Gasteiger partial charge in [0.05, 0.1) is 23.9 Å². The first-order chi connectivity index (χ1) is 10.5. The van der Waals surface area contributed by atoms with Crippen molar-refractivity contribution in [2.45, 2.75) is 58.2 Å². The molecule has 2 aromatic heterocycles. The number of nitrogens with zero attached hydrogens (tertiary/aromatic N) is 1. The van der Waals surface area contributed by atoms with Crippen molar-refractivity contribution >= 4 is 16.9 Å². The minimum absolute atomic E-state index is 0.105. The van der Waals surface area contributed by atoms with Gasteiger partial charge in [0.2, 0.25) is 0 Å². The SMILES string of the molecule is CC(C)OC(=O)c1cc2c3c([nH]c2cn1)CCCC3C(C)O. The molecule has 0 aliphatic heterocycles. The zero-order valence-electron chi connectivity index (χ0n) is 13.2. The van der Waals surface area contributed by atoms with E-state index >= 15 is 0 Å². The number of rotatable bonds is 3. The van der Waals surface area contributed by atoms with Crippen LogP contribution < -0.4 is 0 Å². The fraction of sp³-hybridized carbons (Fsp3) is 0.529. The molecule has 5 heteroatoms. The molecule has 2 aromatic rings. The van der Waals surface area contributed by atoms with Crippen molar-refractivity contribution in [2.24, 2.45) is 0 Å².